The predicted molar refractivity (Wildman–Crippen MR) is 62.3 cm³/mol. The van der Waals surface area contributed by atoms with Gasteiger partial charge in [0.15, 0.2) is 0 Å². The van der Waals surface area contributed by atoms with Gasteiger partial charge in [-0.1, -0.05) is 0 Å². The quantitative estimate of drug-likeness (QED) is 0.772. The van der Waals surface area contributed by atoms with Crippen molar-refractivity contribution in [3.63, 3.8) is 0 Å². The van der Waals surface area contributed by atoms with Crippen molar-refractivity contribution in [2.24, 2.45) is 0 Å². The molecule has 0 aliphatic rings. The van der Waals surface area contributed by atoms with Crippen molar-refractivity contribution in [2.45, 2.75) is 52.7 Å². The van der Waals surface area contributed by atoms with Crippen molar-refractivity contribution in [3.05, 3.63) is 0 Å². The highest BCUT2D eigenvalue weighted by Gasteiger charge is 2.45. The minimum absolute atomic E-state index is 0.947. The fourth-order valence-electron chi connectivity index (χ4n) is 0.722. The summed E-state index contributed by atoms with van der Waals surface area (Å²) in [5.74, 6) is 0. The molecule has 100 valence electrons. The maximum atomic E-state index is 11.6. The molecule has 0 aliphatic carbocycles. The van der Waals surface area contributed by atoms with Crippen molar-refractivity contribution < 1.29 is 28.5 Å². The second-order valence-corrected chi connectivity index (χ2v) is 7.42. The van der Waals surface area contributed by atoms with Gasteiger partial charge in [-0.05, 0) is 41.5 Å². The lowest BCUT2D eigenvalue weighted by Crippen LogP contribution is -2.28. The molecule has 0 saturated heterocycles. The van der Waals surface area contributed by atoms with Crippen molar-refractivity contribution >= 4 is 18.8 Å². The SMILES string of the molecule is CC(C)(C)OC(=O)P(=O)(O)C(=O)OC(C)(C)C. The van der Waals surface area contributed by atoms with Crippen LogP contribution in [0.5, 0.6) is 0 Å². The van der Waals surface area contributed by atoms with E-state index < -0.39 is 30.0 Å². The number of ether oxygens (including phenoxy) is 2. The minimum Gasteiger partial charge on any atom is -0.452 e. The molecule has 0 unspecified atom stereocenters. The van der Waals surface area contributed by atoms with E-state index in [1.165, 1.54) is 41.5 Å². The van der Waals surface area contributed by atoms with Crippen LogP contribution in [-0.4, -0.2) is 27.5 Å². The first-order valence-electron chi connectivity index (χ1n) is 5.05. The van der Waals surface area contributed by atoms with Crippen molar-refractivity contribution in [1.29, 1.82) is 0 Å². The van der Waals surface area contributed by atoms with Crippen LogP contribution in [0, 0.1) is 0 Å². The number of rotatable bonds is 2. The summed E-state index contributed by atoms with van der Waals surface area (Å²) in [5.41, 5.74) is -4.81. The Hall–Kier alpha value is -0.870. The Balaban J connectivity index is 4.85. The average molecular weight is 266 g/mol. The summed E-state index contributed by atoms with van der Waals surface area (Å²) in [4.78, 5) is 32.1. The molecule has 0 amide bonds. The van der Waals surface area contributed by atoms with Crippen LogP contribution in [0.25, 0.3) is 0 Å². The van der Waals surface area contributed by atoms with Crippen LogP contribution in [0.2, 0.25) is 0 Å². The maximum Gasteiger partial charge on any atom is 0.411 e. The molecule has 7 heteroatoms. The number of hydrogen-bond acceptors (Lipinski definition) is 5. The van der Waals surface area contributed by atoms with Gasteiger partial charge in [0, 0.05) is 0 Å². The summed E-state index contributed by atoms with van der Waals surface area (Å²) in [6.07, 6.45) is 0. The molecule has 6 nitrogen and oxygen atoms in total. The third-order valence-electron chi connectivity index (χ3n) is 1.28. The Labute approximate surface area is 101 Å². The van der Waals surface area contributed by atoms with E-state index in [0.717, 1.165) is 0 Å². The Morgan fingerprint density at radius 3 is 1.29 bits per heavy atom. The molecule has 0 spiro atoms. The van der Waals surface area contributed by atoms with Crippen LogP contribution in [-0.2, 0) is 14.0 Å². The molecule has 0 rings (SSSR count). The molecule has 0 atom stereocenters. The molecule has 0 saturated carbocycles. The normalized spacial score (nSPS) is 13.1. The largest absolute Gasteiger partial charge is 0.452 e. The summed E-state index contributed by atoms with van der Waals surface area (Å²) >= 11 is 0. The predicted octanol–water partition coefficient (Wildman–Crippen LogP) is 3.13. The zero-order valence-corrected chi connectivity index (χ0v) is 11.8. The zero-order chi connectivity index (χ0) is 14.1. The van der Waals surface area contributed by atoms with Gasteiger partial charge in [0.05, 0.1) is 0 Å². The lowest BCUT2D eigenvalue weighted by atomic mass is 10.2. The number of carbonyl (C=O) groups is 2. The van der Waals surface area contributed by atoms with Crippen molar-refractivity contribution in [1.82, 2.24) is 0 Å². The third kappa shape index (κ3) is 5.84. The van der Waals surface area contributed by atoms with E-state index in [2.05, 4.69) is 9.47 Å². The van der Waals surface area contributed by atoms with Crippen LogP contribution >= 0.6 is 7.37 Å². The highest BCUT2D eigenvalue weighted by Crippen LogP contribution is 2.46. The highest BCUT2D eigenvalue weighted by atomic mass is 31.2. The first-order valence-corrected chi connectivity index (χ1v) is 6.71. The Morgan fingerprint density at radius 2 is 1.12 bits per heavy atom. The van der Waals surface area contributed by atoms with Gasteiger partial charge in [-0.25, -0.2) is 9.59 Å². The smallest absolute Gasteiger partial charge is 0.411 e. The van der Waals surface area contributed by atoms with Gasteiger partial charge in [-0.3, -0.25) is 4.57 Å². The van der Waals surface area contributed by atoms with E-state index in [1.807, 2.05) is 0 Å². The molecule has 0 radical (unpaired) electrons. The molecule has 0 aromatic carbocycles. The van der Waals surface area contributed by atoms with Gasteiger partial charge in [0.1, 0.15) is 11.2 Å². The third-order valence-corrected chi connectivity index (χ3v) is 2.45. The topological polar surface area (TPSA) is 89.9 Å². The summed E-state index contributed by atoms with van der Waals surface area (Å²) in [7, 11) is -4.79. The minimum atomic E-state index is -4.79. The first-order chi connectivity index (χ1) is 7.26. The summed E-state index contributed by atoms with van der Waals surface area (Å²) < 4.78 is 20.9. The molecule has 0 bridgehead atoms. The van der Waals surface area contributed by atoms with Crippen molar-refractivity contribution in [2.75, 3.05) is 0 Å². The lowest BCUT2D eigenvalue weighted by Gasteiger charge is -2.23. The van der Waals surface area contributed by atoms with E-state index in [1.54, 1.807) is 0 Å². The highest BCUT2D eigenvalue weighted by molar-refractivity contribution is 7.88. The van der Waals surface area contributed by atoms with Crippen LogP contribution < -0.4 is 0 Å². The number of hydrogen-bond donors (Lipinski definition) is 1. The Kier molecular flexibility index (Phi) is 4.54. The Morgan fingerprint density at radius 1 is 0.882 bits per heavy atom. The van der Waals surface area contributed by atoms with E-state index >= 15 is 0 Å². The van der Waals surface area contributed by atoms with Gasteiger partial charge in [-0.15, -0.1) is 0 Å². The van der Waals surface area contributed by atoms with Gasteiger partial charge < -0.3 is 14.4 Å². The summed E-state index contributed by atoms with van der Waals surface area (Å²) in [6, 6.07) is 0. The maximum absolute atomic E-state index is 11.6. The summed E-state index contributed by atoms with van der Waals surface area (Å²) in [6.45, 7) is 9.17. The van der Waals surface area contributed by atoms with Crippen LogP contribution in [0.1, 0.15) is 41.5 Å². The lowest BCUT2D eigenvalue weighted by molar-refractivity contribution is 0.0621. The fraction of sp³-hybridized carbons (Fsp3) is 0.800. The molecular weight excluding hydrogens is 247 g/mol. The molecular formula is C10H19O6P. The fourth-order valence-corrected chi connectivity index (χ4v) is 1.67. The molecule has 0 aliphatic heterocycles. The average Bonchev–Trinajstić information content (AvgIpc) is 1.96. The molecule has 0 aromatic heterocycles. The van der Waals surface area contributed by atoms with Crippen LogP contribution in [0.3, 0.4) is 0 Å². The standard InChI is InChI=1S/C10H19O6P/c1-9(2,3)15-7(11)17(13,14)8(12)16-10(4,5)6/h1-6H3,(H,13,14). The van der Waals surface area contributed by atoms with E-state index in [4.69, 9.17) is 0 Å². The van der Waals surface area contributed by atoms with E-state index in [0.29, 0.717) is 0 Å². The van der Waals surface area contributed by atoms with Crippen LogP contribution in [0.15, 0.2) is 0 Å². The monoisotopic (exact) mass is 266 g/mol. The molecule has 1 N–H and O–H groups in total. The molecule has 0 fully saturated rings. The number of carbonyl (C=O) groups excluding carboxylic acids is 2. The summed E-state index contributed by atoms with van der Waals surface area (Å²) in [5, 5.41) is 0. The first kappa shape index (κ1) is 16.1. The van der Waals surface area contributed by atoms with Gasteiger partial charge in [0.25, 0.3) is 0 Å². The van der Waals surface area contributed by atoms with E-state index in [9.17, 15) is 19.0 Å². The second-order valence-electron chi connectivity index (χ2n) is 5.54. The van der Waals surface area contributed by atoms with Gasteiger partial charge >= 0.3 is 18.8 Å². The second kappa shape index (κ2) is 4.78. The molecule has 0 aromatic rings. The molecule has 17 heavy (non-hydrogen) atoms. The Bertz CT molecular complexity index is 328. The zero-order valence-electron chi connectivity index (χ0n) is 10.9. The van der Waals surface area contributed by atoms with E-state index in [-0.39, 0.29) is 0 Å². The molecule has 0 heterocycles. The van der Waals surface area contributed by atoms with Gasteiger partial charge in [-0.2, -0.15) is 0 Å². The van der Waals surface area contributed by atoms with Crippen LogP contribution in [0.4, 0.5) is 9.59 Å². The van der Waals surface area contributed by atoms with Crippen molar-refractivity contribution in [3.8, 4) is 0 Å². The van der Waals surface area contributed by atoms with Gasteiger partial charge in [0.2, 0.25) is 0 Å².